The molecule has 0 saturated heterocycles. The first-order valence-electron chi connectivity index (χ1n) is 7.44. The Morgan fingerprint density at radius 2 is 2.00 bits per heavy atom. The lowest BCUT2D eigenvalue weighted by atomic mass is 9.82. The van der Waals surface area contributed by atoms with E-state index in [1.807, 2.05) is 26.0 Å². The van der Waals surface area contributed by atoms with Gasteiger partial charge in [-0.25, -0.2) is 0 Å². The zero-order valence-electron chi connectivity index (χ0n) is 12.3. The second kappa shape index (κ2) is 6.09. The van der Waals surface area contributed by atoms with Gasteiger partial charge in [0, 0.05) is 5.92 Å². The van der Waals surface area contributed by atoms with Crippen molar-refractivity contribution in [3.8, 4) is 6.07 Å². The monoisotopic (exact) mass is 270 g/mol. The first-order chi connectivity index (χ1) is 9.64. The van der Waals surface area contributed by atoms with Gasteiger partial charge in [-0.3, -0.25) is 4.79 Å². The van der Waals surface area contributed by atoms with Gasteiger partial charge in [-0.05, 0) is 43.2 Å². The molecule has 0 fully saturated rings. The van der Waals surface area contributed by atoms with E-state index in [0.29, 0.717) is 12.8 Å². The molecule has 1 aliphatic carbocycles. The summed E-state index contributed by atoms with van der Waals surface area (Å²) in [7, 11) is 0. The van der Waals surface area contributed by atoms with E-state index in [9.17, 15) is 10.1 Å². The molecular formula is C17H22N2O. The molecule has 1 aromatic rings. The number of nitrogens with one attached hydrogen (secondary N) is 1. The molecule has 1 aliphatic rings. The Morgan fingerprint density at radius 1 is 1.35 bits per heavy atom. The summed E-state index contributed by atoms with van der Waals surface area (Å²) in [6.45, 7) is 3.90. The quantitative estimate of drug-likeness (QED) is 0.914. The zero-order valence-corrected chi connectivity index (χ0v) is 12.3. The summed E-state index contributed by atoms with van der Waals surface area (Å²) >= 11 is 0. The van der Waals surface area contributed by atoms with E-state index in [0.717, 1.165) is 19.3 Å². The Balaban J connectivity index is 2.07. The summed E-state index contributed by atoms with van der Waals surface area (Å²) in [4.78, 5) is 12.4. The summed E-state index contributed by atoms with van der Waals surface area (Å²) in [5.74, 6) is 0.0282. The average Bonchev–Trinajstić information content (AvgIpc) is 2.52. The van der Waals surface area contributed by atoms with Crippen LogP contribution in [0.25, 0.3) is 0 Å². The number of amides is 1. The highest BCUT2D eigenvalue weighted by molar-refractivity contribution is 5.80. The fraction of sp³-hybridized carbons (Fsp3) is 0.529. The van der Waals surface area contributed by atoms with E-state index in [1.165, 1.54) is 11.1 Å². The number of carbonyl (C=O) groups is 1. The normalized spacial score (nSPS) is 17.9. The van der Waals surface area contributed by atoms with Crippen LogP contribution in [0.2, 0.25) is 0 Å². The summed E-state index contributed by atoms with van der Waals surface area (Å²) in [5, 5.41) is 12.3. The van der Waals surface area contributed by atoms with Gasteiger partial charge in [-0.2, -0.15) is 5.26 Å². The van der Waals surface area contributed by atoms with Gasteiger partial charge < -0.3 is 5.32 Å². The molecule has 0 spiro atoms. The molecule has 0 heterocycles. The van der Waals surface area contributed by atoms with Crippen LogP contribution in [0.15, 0.2) is 24.3 Å². The largest absolute Gasteiger partial charge is 0.338 e. The van der Waals surface area contributed by atoms with Gasteiger partial charge in [0.05, 0.1) is 6.07 Å². The van der Waals surface area contributed by atoms with Crippen LogP contribution in [0, 0.1) is 17.2 Å². The summed E-state index contributed by atoms with van der Waals surface area (Å²) in [5.41, 5.74) is 1.93. The van der Waals surface area contributed by atoms with Gasteiger partial charge >= 0.3 is 0 Å². The minimum absolute atomic E-state index is 0.00396. The number of carbonyl (C=O) groups excluding carboxylic acids is 1. The van der Waals surface area contributed by atoms with Crippen molar-refractivity contribution in [1.29, 1.82) is 5.26 Å². The Bertz CT molecular complexity index is 526. The van der Waals surface area contributed by atoms with Crippen molar-refractivity contribution >= 4 is 5.91 Å². The maximum atomic E-state index is 12.4. The first-order valence-corrected chi connectivity index (χ1v) is 7.44. The van der Waals surface area contributed by atoms with Crippen molar-refractivity contribution in [1.82, 2.24) is 5.32 Å². The van der Waals surface area contributed by atoms with Gasteiger partial charge in [0.1, 0.15) is 5.54 Å². The molecule has 1 aromatic carbocycles. The zero-order chi connectivity index (χ0) is 14.6. The molecule has 1 amide bonds. The minimum Gasteiger partial charge on any atom is -0.338 e. The van der Waals surface area contributed by atoms with Crippen molar-refractivity contribution in [2.24, 2.45) is 5.92 Å². The molecule has 0 aliphatic heterocycles. The number of aryl methyl sites for hydroxylation is 1. The molecule has 1 atom stereocenters. The van der Waals surface area contributed by atoms with Crippen LogP contribution < -0.4 is 5.32 Å². The fourth-order valence-corrected chi connectivity index (χ4v) is 2.87. The molecule has 0 bridgehead atoms. The number of hydrogen-bond acceptors (Lipinski definition) is 2. The predicted octanol–water partition coefficient (Wildman–Crippen LogP) is 2.99. The van der Waals surface area contributed by atoms with E-state index in [4.69, 9.17) is 0 Å². The van der Waals surface area contributed by atoms with Crippen LogP contribution in [0.4, 0.5) is 0 Å². The summed E-state index contributed by atoms with van der Waals surface area (Å²) < 4.78 is 0. The first kappa shape index (κ1) is 14.6. The van der Waals surface area contributed by atoms with Gasteiger partial charge in [0.2, 0.25) is 5.91 Å². The van der Waals surface area contributed by atoms with Crippen molar-refractivity contribution in [3.05, 3.63) is 35.4 Å². The molecule has 20 heavy (non-hydrogen) atoms. The summed E-state index contributed by atoms with van der Waals surface area (Å²) in [6, 6.07) is 10.6. The van der Waals surface area contributed by atoms with Crippen molar-refractivity contribution in [3.63, 3.8) is 0 Å². The number of nitrogens with zero attached hydrogens (tertiary/aromatic N) is 1. The van der Waals surface area contributed by atoms with E-state index < -0.39 is 5.54 Å². The van der Waals surface area contributed by atoms with Crippen LogP contribution in [0.5, 0.6) is 0 Å². The highest BCUT2D eigenvalue weighted by Crippen LogP contribution is 2.26. The Labute approximate surface area is 121 Å². The second-order valence-electron chi connectivity index (χ2n) is 5.60. The fourth-order valence-electron chi connectivity index (χ4n) is 2.87. The second-order valence-corrected chi connectivity index (χ2v) is 5.60. The third-order valence-corrected chi connectivity index (χ3v) is 4.50. The number of nitriles is 1. The highest BCUT2D eigenvalue weighted by Gasteiger charge is 2.32. The Morgan fingerprint density at radius 3 is 2.60 bits per heavy atom. The lowest BCUT2D eigenvalue weighted by Crippen LogP contribution is -2.49. The number of benzene rings is 1. The topological polar surface area (TPSA) is 52.9 Å². The molecule has 0 saturated carbocycles. The SMILES string of the molecule is CCC(C#N)(CC)NC(=O)C1CCc2ccccc2C1. The number of hydrogen-bond donors (Lipinski definition) is 1. The van der Waals surface area contributed by atoms with Gasteiger partial charge in [0.25, 0.3) is 0 Å². The average molecular weight is 270 g/mol. The lowest BCUT2D eigenvalue weighted by Gasteiger charge is -2.30. The Hall–Kier alpha value is -1.82. The van der Waals surface area contributed by atoms with Gasteiger partial charge in [-0.1, -0.05) is 38.1 Å². The van der Waals surface area contributed by atoms with Crippen LogP contribution in [-0.2, 0) is 17.6 Å². The minimum atomic E-state index is -0.700. The van der Waals surface area contributed by atoms with Crippen molar-refractivity contribution in [2.45, 2.75) is 51.5 Å². The van der Waals surface area contributed by atoms with E-state index in [1.54, 1.807) is 0 Å². The third-order valence-electron chi connectivity index (χ3n) is 4.50. The maximum Gasteiger partial charge on any atom is 0.224 e. The van der Waals surface area contributed by atoms with Crippen LogP contribution >= 0.6 is 0 Å². The molecule has 1 unspecified atom stereocenters. The van der Waals surface area contributed by atoms with E-state index in [2.05, 4.69) is 23.5 Å². The summed E-state index contributed by atoms with van der Waals surface area (Å²) in [6.07, 6.45) is 3.91. The van der Waals surface area contributed by atoms with Crippen molar-refractivity contribution in [2.75, 3.05) is 0 Å². The molecule has 1 N–H and O–H groups in total. The van der Waals surface area contributed by atoms with Gasteiger partial charge in [0.15, 0.2) is 0 Å². The van der Waals surface area contributed by atoms with Crippen LogP contribution in [0.1, 0.15) is 44.2 Å². The molecule has 0 aromatic heterocycles. The lowest BCUT2D eigenvalue weighted by molar-refractivity contribution is -0.126. The molecule has 3 nitrogen and oxygen atoms in total. The van der Waals surface area contributed by atoms with Gasteiger partial charge in [-0.15, -0.1) is 0 Å². The molecule has 0 radical (unpaired) electrons. The van der Waals surface area contributed by atoms with E-state index >= 15 is 0 Å². The maximum absolute atomic E-state index is 12.4. The third kappa shape index (κ3) is 2.85. The molecule has 106 valence electrons. The molecular weight excluding hydrogens is 248 g/mol. The predicted molar refractivity (Wildman–Crippen MR) is 79.0 cm³/mol. The van der Waals surface area contributed by atoms with Crippen LogP contribution in [-0.4, -0.2) is 11.4 Å². The molecule has 3 heteroatoms. The van der Waals surface area contributed by atoms with Crippen LogP contribution in [0.3, 0.4) is 0 Å². The van der Waals surface area contributed by atoms with Crippen molar-refractivity contribution < 1.29 is 4.79 Å². The number of rotatable bonds is 4. The highest BCUT2D eigenvalue weighted by atomic mass is 16.2. The smallest absolute Gasteiger partial charge is 0.224 e. The Kier molecular flexibility index (Phi) is 4.44. The number of fused-ring (bicyclic) bond motifs is 1. The van der Waals surface area contributed by atoms with E-state index in [-0.39, 0.29) is 11.8 Å². The standard InChI is InChI=1S/C17H22N2O/c1-3-17(4-2,12-18)19-16(20)15-10-9-13-7-5-6-8-14(13)11-15/h5-8,15H,3-4,9-11H2,1-2H3,(H,19,20). The molecule has 2 rings (SSSR count).